The molecule has 3 N–H and O–H groups in total. The lowest BCUT2D eigenvalue weighted by atomic mass is 10.3. The highest BCUT2D eigenvalue weighted by Crippen LogP contribution is 2.23. The van der Waals surface area contributed by atoms with Gasteiger partial charge in [0.2, 0.25) is 0 Å². The highest BCUT2D eigenvalue weighted by molar-refractivity contribution is 5.91. The highest BCUT2D eigenvalue weighted by Gasteiger charge is 2.13. The fourth-order valence-corrected chi connectivity index (χ4v) is 1.93. The number of hydrogen-bond acceptors (Lipinski definition) is 5. The van der Waals surface area contributed by atoms with E-state index < -0.39 is 17.2 Å². The van der Waals surface area contributed by atoms with Gasteiger partial charge in [-0.25, -0.2) is 4.79 Å². The molecule has 0 bridgehead atoms. The van der Waals surface area contributed by atoms with Crippen LogP contribution in [0.3, 0.4) is 0 Å². The van der Waals surface area contributed by atoms with E-state index in [2.05, 4.69) is 15.3 Å². The van der Waals surface area contributed by atoms with Crippen LogP contribution in [0.25, 0.3) is 0 Å². The summed E-state index contributed by atoms with van der Waals surface area (Å²) in [5, 5.41) is 2.52. The topological polar surface area (TPSA) is 117 Å². The Bertz CT molecular complexity index is 955. The molecule has 3 aromatic rings. The number of aromatic amines is 2. The number of nitrogens with one attached hydrogen (secondary N) is 3. The number of carbonyl (C=O) groups is 1. The van der Waals surface area contributed by atoms with Crippen molar-refractivity contribution < 1.29 is 13.9 Å². The van der Waals surface area contributed by atoms with Crippen LogP contribution in [0.5, 0.6) is 11.7 Å². The lowest BCUT2D eigenvalue weighted by Gasteiger charge is -2.03. The first-order valence-corrected chi connectivity index (χ1v) is 7.03. The predicted octanol–water partition coefficient (Wildman–Crippen LogP) is 1.38. The van der Waals surface area contributed by atoms with Crippen molar-refractivity contribution in [2.75, 3.05) is 0 Å². The molecule has 3 rings (SSSR count). The van der Waals surface area contributed by atoms with E-state index in [0.29, 0.717) is 5.75 Å². The maximum Gasteiger partial charge on any atom is 0.325 e. The predicted molar refractivity (Wildman–Crippen MR) is 84.1 cm³/mol. The molecule has 0 saturated carbocycles. The third-order valence-corrected chi connectivity index (χ3v) is 3.10. The van der Waals surface area contributed by atoms with E-state index in [1.54, 1.807) is 12.1 Å². The van der Waals surface area contributed by atoms with Crippen molar-refractivity contribution in [2.45, 2.75) is 6.54 Å². The van der Waals surface area contributed by atoms with Crippen molar-refractivity contribution >= 4 is 5.91 Å². The van der Waals surface area contributed by atoms with Crippen LogP contribution in [0, 0.1) is 0 Å². The number of aromatic nitrogens is 2. The van der Waals surface area contributed by atoms with E-state index in [1.807, 2.05) is 18.2 Å². The average molecular weight is 327 g/mol. The summed E-state index contributed by atoms with van der Waals surface area (Å²) in [6, 6.07) is 12.0. The van der Waals surface area contributed by atoms with E-state index in [1.165, 1.54) is 18.3 Å². The summed E-state index contributed by atoms with van der Waals surface area (Å²) in [6.45, 7) is -0.0550. The van der Waals surface area contributed by atoms with Crippen LogP contribution in [0.2, 0.25) is 0 Å². The molecule has 0 spiro atoms. The lowest BCUT2D eigenvalue weighted by Crippen LogP contribution is -2.30. The highest BCUT2D eigenvalue weighted by atomic mass is 16.6. The molecule has 0 radical (unpaired) electrons. The largest absolute Gasteiger partial charge is 0.426 e. The summed E-state index contributed by atoms with van der Waals surface area (Å²) in [5.41, 5.74) is -0.953. The number of H-pyrrole nitrogens is 2. The molecule has 2 heterocycles. The third kappa shape index (κ3) is 3.61. The van der Waals surface area contributed by atoms with Gasteiger partial charge in [-0.15, -0.1) is 0 Å². The molecular weight excluding hydrogens is 314 g/mol. The number of ether oxygens (including phenoxy) is 1. The van der Waals surface area contributed by atoms with Crippen molar-refractivity contribution in [3.63, 3.8) is 0 Å². The molecule has 1 amide bonds. The minimum atomic E-state index is -0.608. The SMILES string of the molecule is O=C(NCc1c[nH]c(=O)[nH]c1=O)c1ccc(Oc2ccccc2)o1. The molecule has 0 aliphatic rings. The van der Waals surface area contributed by atoms with Crippen molar-refractivity contribution in [1.82, 2.24) is 15.3 Å². The van der Waals surface area contributed by atoms with Gasteiger partial charge in [0.05, 0.1) is 12.1 Å². The monoisotopic (exact) mass is 327 g/mol. The molecule has 122 valence electrons. The fourth-order valence-electron chi connectivity index (χ4n) is 1.93. The first kappa shape index (κ1) is 15.3. The Kier molecular flexibility index (Phi) is 4.28. The van der Waals surface area contributed by atoms with Crippen molar-refractivity contribution in [3.8, 4) is 11.7 Å². The molecule has 0 saturated heterocycles. The lowest BCUT2D eigenvalue weighted by molar-refractivity contribution is 0.0918. The van der Waals surface area contributed by atoms with Crippen molar-refractivity contribution in [1.29, 1.82) is 0 Å². The molecule has 2 aromatic heterocycles. The van der Waals surface area contributed by atoms with Crippen LogP contribution < -0.4 is 21.3 Å². The Labute approximate surface area is 135 Å². The fraction of sp³-hybridized carbons (Fsp3) is 0.0625. The minimum Gasteiger partial charge on any atom is -0.426 e. The second-order valence-corrected chi connectivity index (χ2v) is 4.81. The quantitative estimate of drug-likeness (QED) is 0.654. The number of furan rings is 1. The smallest absolute Gasteiger partial charge is 0.325 e. The molecular formula is C16H13N3O5. The third-order valence-electron chi connectivity index (χ3n) is 3.10. The van der Waals surface area contributed by atoms with Crippen LogP contribution in [-0.2, 0) is 6.54 Å². The molecule has 0 aliphatic heterocycles. The van der Waals surface area contributed by atoms with Gasteiger partial charge in [-0.1, -0.05) is 18.2 Å². The van der Waals surface area contributed by atoms with Crippen LogP contribution in [-0.4, -0.2) is 15.9 Å². The van der Waals surface area contributed by atoms with Crippen molar-refractivity contribution in [3.05, 3.63) is 80.8 Å². The van der Waals surface area contributed by atoms with Gasteiger partial charge in [-0.2, -0.15) is 0 Å². The van der Waals surface area contributed by atoms with E-state index >= 15 is 0 Å². The Balaban J connectivity index is 1.63. The second kappa shape index (κ2) is 6.69. The second-order valence-electron chi connectivity index (χ2n) is 4.81. The van der Waals surface area contributed by atoms with Crippen LogP contribution >= 0.6 is 0 Å². The van der Waals surface area contributed by atoms with Gasteiger partial charge in [-0.05, 0) is 18.2 Å². The zero-order valence-electron chi connectivity index (χ0n) is 12.4. The zero-order chi connectivity index (χ0) is 16.9. The summed E-state index contributed by atoms with van der Waals surface area (Å²) in [5.74, 6) is 0.289. The first-order chi connectivity index (χ1) is 11.6. The number of para-hydroxylation sites is 1. The molecule has 8 nitrogen and oxygen atoms in total. The number of hydrogen-bond donors (Lipinski definition) is 3. The van der Waals surface area contributed by atoms with Gasteiger partial charge in [0, 0.05) is 12.3 Å². The maximum absolute atomic E-state index is 12.0. The number of rotatable bonds is 5. The Morgan fingerprint density at radius 3 is 2.67 bits per heavy atom. The van der Waals surface area contributed by atoms with Gasteiger partial charge in [0.1, 0.15) is 5.75 Å². The van der Waals surface area contributed by atoms with Gasteiger partial charge in [0.25, 0.3) is 17.4 Å². The van der Waals surface area contributed by atoms with Crippen molar-refractivity contribution in [2.24, 2.45) is 0 Å². The minimum absolute atomic E-state index is 0.0433. The molecule has 8 heteroatoms. The van der Waals surface area contributed by atoms with E-state index in [0.717, 1.165) is 0 Å². The Morgan fingerprint density at radius 1 is 1.12 bits per heavy atom. The molecule has 1 aromatic carbocycles. The molecule has 0 unspecified atom stereocenters. The maximum atomic E-state index is 12.0. The summed E-state index contributed by atoms with van der Waals surface area (Å²) in [7, 11) is 0. The molecule has 24 heavy (non-hydrogen) atoms. The number of amides is 1. The Hall–Kier alpha value is -3.55. The van der Waals surface area contributed by atoms with Gasteiger partial charge in [0.15, 0.2) is 5.76 Å². The van der Waals surface area contributed by atoms with Gasteiger partial charge < -0.3 is 19.5 Å². The molecule has 0 fully saturated rings. The molecule has 0 atom stereocenters. The summed E-state index contributed by atoms with van der Waals surface area (Å²) in [4.78, 5) is 38.9. The van der Waals surface area contributed by atoms with Gasteiger partial charge >= 0.3 is 5.69 Å². The van der Waals surface area contributed by atoms with E-state index in [9.17, 15) is 14.4 Å². The summed E-state index contributed by atoms with van der Waals surface area (Å²) < 4.78 is 10.8. The average Bonchev–Trinajstić information content (AvgIpc) is 3.03. The van der Waals surface area contributed by atoms with Crippen LogP contribution in [0.1, 0.15) is 16.1 Å². The van der Waals surface area contributed by atoms with E-state index in [-0.39, 0.29) is 23.8 Å². The van der Waals surface area contributed by atoms with Crippen LogP contribution in [0.4, 0.5) is 0 Å². The summed E-state index contributed by atoms with van der Waals surface area (Å²) in [6.07, 6.45) is 1.24. The van der Waals surface area contributed by atoms with Gasteiger partial charge in [-0.3, -0.25) is 14.6 Å². The van der Waals surface area contributed by atoms with E-state index in [4.69, 9.17) is 9.15 Å². The standard InChI is InChI=1S/C16H13N3O5/c20-14-10(9-18-16(22)19-14)8-17-15(21)12-6-7-13(24-12)23-11-4-2-1-3-5-11/h1-7,9H,8H2,(H,17,21)(H2,18,19,20,22). The summed E-state index contributed by atoms with van der Waals surface area (Å²) >= 11 is 0. The number of benzene rings is 1. The Morgan fingerprint density at radius 2 is 1.92 bits per heavy atom. The normalized spacial score (nSPS) is 10.3. The van der Waals surface area contributed by atoms with Crippen LogP contribution in [0.15, 0.2) is 62.7 Å². The first-order valence-electron chi connectivity index (χ1n) is 7.03. The zero-order valence-corrected chi connectivity index (χ0v) is 12.4. The number of carbonyl (C=O) groups excluding carboxylic acids is 1. The molecule has 0 aliphatic carbocycles.